The molecule has 0 spiro atoms. The van der Waals surface area contributed by atoms with E-state index < -0.39 is 21.4 Å². The van der Waals surface area contributed by atoms with E-state index in [4.69, 9.17) is 23.8 Å². The van der Waals surface area contributed by atoms with Gasteiger partial charge in [-0.05, 0) is 42.0 Å². The highest BCUT2D eigenvalue weighted by Crippen LogP contribution is 2.37. The summed E-state index contributed by atoms with van der Waals surface area (Å²) in [5.41, 5.74) is 2.00. The molecule has 1 aliphatic rings. The van der Waals surface area contributed by atoms with Crippen molar-refractivity contribution in [2.75, 3.05) is 40.5 Å². The Kier molecular flexibility index (Phi) is 9.45. The normalized spacial score (nSPS) is 14.7. The molecule has 0 bridgehead atoms. The SMILES string of the molecule is COC1(c2cc(F)cc(OCC(=O)N(C)CCc3nc(-c4ccccc4)c(-c4ccc(S(N)(=O)=O)cc4)o3)c2)CCOCC1. The van der Waals surface area contributed by atoms with Crippen LogP contribution in [0.15, 0.2) is 82.1 Å². The first-order chi connectivity index (χ1) is 21.1. The van der Waals surface area contributed by atoms with Crippen LogP contribution in [0.1, 0.15) is 24.3 Å². The number of sulfonamides is 1. The van der Waals surface area contributed by atoms with Crippen LogP contribution in [0.5, 0.6) is 5.75 Å². The summed E-state index contributed by atoms with van der Waals surface area (Å²) >= 11 is 0. The first kappa shape index (κ1) is 31.3. The first-order valence-electron chi connectivity index (χ1n) is 14.1. The predicted molar refractivity (Wildman–Crippen MR) is 161 cm³/mol. The van der Waals surface area contributed by atoms with Crippen molar-refractivity contribution in [2.24, 2.45) is 5.14 Å². The number of benzene rings is 3. The fourth-order valence-electron chi connectivity index (χ4n) is 5.12. The minimum atomic E-state index is -3.84. The molecule has 1 saturated heterocycles. The van der Waals surface area contributed by atoms with Gasteiger partial charge < -0.3 is 23.5 Å². The number of hydrogen-bond donors (Lipinski definition) is 1. The van der Waals surface area contributed by atoms with Crippen molar-refractivity contribution >= 4 is 15.9 Å². The van der Waals surface area contributed by atoms with Crippen molar-refractivity contribution in [2.45, 2.75) is 29.8 Å². The van der Waals surface area contributed by atoms with Gasteiger partial charge in [0.1, 0.15) is 17.3 Å². The molecule has 2 N–H and O–H groups in total. The van der Waals surface area contributed by atoms with E-state index in [1.165, 1.54) is 29.2 Å². The molecule has 44 heavy (non-hydrogen) atoms. The lowest BCUT2D eigenvalue weighted by molar-refractivity contribution is -0.132. The van der Waals surface area contributed by atoms with Gasteiger partial charge >= 0.3 is 0 Å². The third-order valence-electron chi connectivity index (χ3n) is 7.70. The van der Waals surface area contributed by atoms with Crippen LogP contribution in [0.3, 0.4) is 0 Å². The van der Waals surface area contributed by atoms with Crippen molar-refractivity contribution in [1.29, 1.82) is 0 Å². The quantitative estimate of drug-likeness (QED) is 0.258. The van der Waals surface area contributed by atoms with Gasteiger partial charge in [-0.3, -0.25) is 4.79 Å². The summed E-state index contributed by atoms with van der Waals surface area (Å²) in [6.07, 6.45) is 1.48. The monoisotopic (exact) mass is 623 g/mol. The second-order valence-corrected chi connectivity index (χ2v) is 12.1. The van der Waals surface area contributed by atoms with Gasteiger partial charge in [0, 0.05) is 70.4 Å². The predicted octanol–water partition coefficient (Wildman–Crippen LogP) is 4.53. The summed E-state index contributed by atoms with van der Waals surface area (Å²) in [7, 11) is -0.610. The van der Waals surface area contributed by atoms with E-state index in [9.17, 15) is 17.6 Å². The third kappa shape index (κ3) is 7.16. The van der Waals surface area contributed by atoms with Crippen LogP contribution in [0.25, 0.3) is 22.6 Å². The number of likely N-dealkylation sites (N-methyl/N-ethyl adjacent to an activating group) is 1. The number of primary sulfonamides is 1. The van der Waals surface area contributed by atoms with E-state index >= 15 is 0 Å². The number of nitrogens with two attached hydrogens (primary N) is 1. The minimum Gasteiger partial charge on any atom is -0.484 e. The molecule has 1 aromatic heterocycles. The smallest absolute Gasteiger partial charge is 0.260 e. The number of methoxy groups -OCH3 is 1. The Morgan fingerprint density at radius 3 is 2.41 bits per heavy atom. The standard InChI is InChI=1S/C32H34FN3O7S/c1-36(29(37)21-42-26-19-24(18-25(33)20-26)32(40-2)13-16-41-17-14-32)15-12-28-35-30(22-6-4-3-5-7-22)31(43-28)23-8-10-27(11-9-23)44(34,38)39/h3-11,18-20H,12-17,21H2,1-2H3,(H2,34,38,39). The second-order valence-electron chi connectivity index (χ2n) is 10.6. The molecule has 0 unspecified atom stereocenters. The Labute approximate surface area is 255 Å². The molecule has 0 atom stereocenters. The van der Waals surface area contributed by atoms with Gasteiger partial charge in [0.25, 0.3) is 5.91 Å². The summed E-state index contributed by atoms with van der Waals surface area (Å²) in [6, 6.07) is 19.9. The van der Waals surface area contributed by atoms with Crippen molar-refractivity contribution in [3.8, 4) is 28.3 Å². The molecule has 2 heterocycles. The van der Waals surface area contributed by atoms with E-state index in [1.54, 1.807) is 32.4 Å². The van der Waals surface area contributed by atoms with Gasteiger partial charge in [-0.1, -0.05) is 30.3 Å². The van der Waals surface area contributed by atoms with E-state index in [2.05, 4.69) is 4.98 Å². The Bertz CT molecular complexity index is 1700. The number of oxazole rings is 1. The van der Waals surface area contributed by atoms with Crippen molar-refractivity contribution in [3.05, 3.63) is 90.1 Å². The molecule has 1 fully saturated rings. The van der Waals surface area contributed by atoms with E-state index in [1.807, 2.05) is 30.3 Å². The van der Waals surface area contributed by atoms with Gasteiger partial charge in [-0.2, -0.15) is 0 Å². The van der Waals surface area contributed by atoms with Gasteiger partial charge in [-0.25, -0.2) is 22.9 Å². The maximum atomic E-state index is 14.5. The summed E-state index contributed by atoms with van der Waals surface area (Å²) in [5.74, 6) is 0.310. The zero-order valence-electron chi connectivity index (χ0n) is 24.5. The number of carbonyl (C=O) groups excluding carboxylic acids is 1. The zero-order chi connectivity index (χ0) is 31.3. The second kappa shape index (κ2) is 13.3. The maximum Gasteiger partial charge on any atom is 0.260 e. The van der Waals surface area contributed by atoms with Crippen LogP contribution in [0.2, 0.25) is 0 Å². The lowest BCUT2D eigenvalue weighted by Crippen LogP contribution is -2.36. The highest BCUT2D eigenvalue weighted by molar-refractivity contribution is 7.89. The molecule has 0 radical (unpaired) electrons. The summed E-state index contributed by atoms with van der Waals surface area (Å²) in [5, 5.41) is 5.24. The molecule has 10 nitrogen and oxygen atoms in total. The average molecular weight is 624 g/mol. The maximum absolute atomic E-state index is 14.5. The Hall–Kier alpha value is -4.10. The van der Waals surface area contributed by atoms with E-state index in [0.29, 0.717) is 60.9 Å². The molecule has 0 saturated carbocycles. The van der Waals surface area contributed by atoms with Gasteiger partial charge in [0.2, 0.25) is 10.0 Å². The molecule has 4 aromatic rings. The van der Waals surface area contributed by atoms with Crippen molar-refractivity contribution < 1.29 is 36.2 Å². The number of ether oxygens (including phenoxy) is 3. The molecule has 5 rings (SSSR count). The van der Waals surface area contributed by atoms with Gasteiger partial charge in [-0.15, -0.1) is 0 Å². The molecular weight excluding hydrogens is 589 g/mol. The summed E-state index contributed by atoms with van der Waals surface area (Å²) < 4.78 is 61.0. The van der Waals surface area contributed by atoms with Crippen LogP contribution in [0.4, 0.5) is 4.39 Å². The van der Waals surface area contributed by atoms with Gasteiger partial charge in [0.05, 0.1) is 10.5 Å². The zero-order valence-corrected chi connectivity index (χ0v) is 25.3. The highest BCUT2D eigenvalue weighted by atomic mass is 32.2. The number of aromatic nitrogens is 1. The lowest BCUT2D eigenvalue weighted by Gasteiger charge is -2.36. The summed E-state index contributed by atoms with van der Waals surface area (Å²) in [4.78, 5) is 19.1. The number of halogens is 1. The average Bonchev–Trinajstić information content (AvgIpc) is 3.47. The fourth-order valence-corrected chi connectivity index (χ4v) is 5.63. The molecule has 1 aliphatic heterocycles. The fraction of sp³-hybridized carbons (Fsp3) is 0.312. The lowest BCUT2D eigenvalue weighted by atomic mass is 9.86. The van der Waals surface area contributed by atoms with Gasteiger partial charge in [0.15, 0.2) is 18.3 Å². The molecule has 12 heteroatoms. The van der Waals surface area contributed by atoms with E-state index in [-0.39, 0.29) is 29.7 Å². The molecule has 232 valence electrons. The van der Waals surface area contributed by atoms with Crippen molar-refractivity contribution in [1.82, 2.24) is 9.88 Å². The molecule has 3 aromatic carbocycles. The van der Waals surface area contributed by atoms with Crippen molar-refractivity contribution in [3.63, 3.8) is 0 Å². The van der Waals surface area contributed by atoms with E-state index in [0.717, 1.165) is 5.56 Å². The third-order valence-corrected chi connectivity index (χ3v) is 8.63. The number of amides is 1. The number of carbonyl (C=O) groups is 1. The highest BCUT2D eigenvalue weighted by Gasteiger charge is 2.35. The van der Waals surface area contributed by atoms with Crippen LogP contribution < -0.4 is 9.88 Å². The molecule has 0 aliphatic carbocycles. The Balaban J connectivity index is 1.26. The number of nitrogens with zero attached hydrogens (tertiary/aromatic N) is 2. The largest absolute Gasteiger partial charge is 0.484 e. The van der Waals surface area contributed by atoms with Crippen LogP contribution >= 0.6 is 0 Å². The Morgan fingerprint density at radius 1 is 1.05 bits per heavy atom. The Morgan fingerprint density at radius 2 is 1.75 bits per heavy atom. The molecule has 1 amide bonds. The minimum absolute atomic E-state index is 0.0131. The first-order valence-corrected chi connectivity index (χ1v) is 15.6. The van der Waals surface area contributed by atoms with Crippen LogP contribution in [-0.2, 0) is 36.3 Å². The topological polar surface area (TPSA) is 134 Å². The summed E-state index contributed by atoms with van der Waals surface area (Å²) in [6.45, 7) is 1.01. The van der Waals surface area contributed by atoms with Crippen LogP contribution in [-0.4, -0.2) is 64.7 Å². The molecular formula is C32H34FN3O7S. The van der Waals surface area contributed by atoms with Crippen LogP contribution in [0, 0.1) is 5.82 Å². The number of hydrogen-bond acceptors (Lipinski definition) is 8. The number of rotatable bonds is 11.